The molecule has 0 fully saturated rings. The van der Waals surface area contributed by atoms with Crippen LogP contribution in [0.25, 0.3) is 17.0 Å². The first kappa shape index (κ1) is 16.4. The Hall–Kier alpha value is -3.41. The number of ether oxygens (including phenoxy) is 2. The number of hydrogen-bond donors (Lipinski definition) is 1. The number of nitrogens with zero attached hydrogens (tertiary/aromatic N) is 1. The van der Waals surface area contributed by atoms with Gasteiger partial charge in [0.25, 0.3) is 5.56 Å². The molecule has 126 valence electrons. The maximum Gasteiger partial charge on any atom is 0.331 e. The van der Waals surface area contributed by atoms with E-state index in [2.05, 4.69) is 9.97 Å². The molecule has 0 bridgehead atoms. The molecular formula is C19H16N2O4. The molecule has 25 heavy (non-hydrogen) atoms. The van der Waals surface area contributed by atoms with Crippen molar-refractivity contribution in [2.75, 3.05) is 7.11 Å². The number of rotatable bonds is 5. The second-order valence-electron chi connectivity index (χ2n) is 5.24. The van der Waals surface area contributed by atoms with E-state index in [-0.39, 0.29) is 12.2 Å². The maximum atomic E-state index is 11.9. The fourth-order valence-electron chi connectivity index (χ4n) is 2.27. The predicted octanol–water partition coefficient (Wildman–Crippen LogP) is 2.69. The first-order chi connectivity index (χ1) is 12.2. The van der Waals surface area contributed by atoms with Crippen molar-refractivity contribution in [3.8, 4) is 5.75 Å². The third-order valence-electron chi connectivity index (χ3n) is 3.54. The summed E-state index contributed by atoms with van der Waals surface area (Å²) in [5.41, 5.74) is 1.14. The van der Waals surface area contributed by atoms with E-state index in [0.717, 1.165) is 11.3 Å². The highest BCUT2D eigenvalue weighted by molar-refractivity contribution is 5.87. The van der Waals surface area contributed by atoms with Gasteiger partial charge in [0.15, 0.2) is 0 Å². The molecule has 0 unspecified atom stereocenters. The van der Waals surface area contributed by atoms with Gasteiger partial charge in [-0.3, -0.25) is 4.79 Å². The Kier molecular flexibility index (Phi) is 4.89. The Morgan fingerprint density at radius 2 is 1.92 bits per heavy atom. The summed E-state index contributed by atoms with van der Waals surface area (Å²) in [6.45, 7) is -0.105. The lowest BCUT2D eigenvalue weighted by molar-refractivity contribution is -0.139. The number of H-pyrrole nitrogens is 1. The van der Waals surface area contributed by atoms with E-state index in [1.165, 1.54) is 6.08 Å². The quantitative estimate of drug-likeness (QED) is 0.572. The average molecular weight is 336 g/mol. The molecule has 0 aliphatic carbocycles. The van der Waals surface area contributed by atoms with Crippen molar-refractivity contribution in [3.63, 3.8) is 0 Å². The van der Waals surface area contributed by atoms with Crippen molar-refractivity contribution in [1.29, 1.82) is 0 Å². The summed E-state index contributed by atoms with van der Waals surface area (Å²) in [5.74, 6) is 0.521. The Morgan fingerprint density at radius 3 is 2.68 bits per heavy atom. The van der Waals surface area contributed by atoms with Crippen LogP contribution in [0.3, 0.4) is 0 Å². The largest absolute Gasteiger partial charge is 0.497 e. The van der Waals surface area contributed by atoms with E-state index in [1.54, 1.807) is 49.6 Å². The normalized spacial score (nSPS) is 10.9. The van der Waals surface area contributed by atoms with Gasteiger partial charge in [-0.15, -0.1) is 0 Å². The molecule has 2 aromatic carbocycles. The zero-order chi connectivity index (χ0) is 17.6. The minimum Gasteiger partial charge on any atom is -0.497 e. The number of hydrogen-bond acceptors (Lipinski definition) is 5. The Bertz CT molecular complexity index is 975. The zero-order valence-electron chi connectivity index (χ0n) is 13.6. The van der Waals surface area contributed by atoms with Crippen molar-refractivity contribution in [2.45, 2.75) is 6.61 Å². The SMILES string of the molecule is COc1ccc(/C=C/C(=O)OCc2nc3ccccc3c(=O)[nH]2)cc1. The summed E-state index contributed by atoms with van der Waals surface area (Å²) in [4.78, 5) is 30.6. The lowest BCUT2D eigenvalue weighted by Gasteiger charge is -2.03. The molecule has 1 aromatic heterocycles. The van der Waals surface area contributed by atoms with Crippen molar-refractivity contribution in [3.05, 3.63) is 76.3 Å². The first-order valence-electron chi connectivity index (χ1n) is 7.62. The molecule has 0 spiro atoms. The van der Waals surface area contributed by atoms with Gasteiger partial charge in [-0.05, 0) is 35.9 Å². The number of fused-ring (bicyclic) bond motifs is 1. The van der Waals surface area contributed by atoms with Crippen LogP contribution >= 0.6 is 0 Å². The number of methoxy groups -OCH3 is 1. The highest BCUT2D eigenvalue weighted by atomic mass is 16.5. The maximum absolute atomic E-state index is 11.9. The van der Waals surface area contributed by atoms with Gasteiger partial charge in [0.05, 0.1) is 18.0 Å². The molecule has 0 aliphatic rings. The van der Waals surface area contributed by atoms with Crippen molar-refractivity contribution < 1.29 is 14.3 Å². The van der Waals surface area contributed by atoms with Gasteiger partial charge in [0.2, 0.25) is 0 Å². The summed E-state index contributed by atoms with van der Waals surface area (Å²) >= 11 is 0. The molecule has 0 atom stereocenters. The fraction of sp³-hybridized carbons (Fsp3) is 0.105. The van der Waals surface area contributed by atoms with Crippen molar-refractivity contribution in [2.24, 2.45) is 0 Å². The number of para-hydroxylation sites is 1. The van der Waals surface area contributed by atoms with E-state index >= 15 is 0 Å². The van der Waals surface area contributed by atoms with Crippen LogP contribution in [0.4, 0.5) is 0 Å². The van der Waals surface area contributed by atoms with Gasteiger partial charge in [-0.25, -0.2) is 9.78 Å². The van der Waals surface area contributed by atoms with Crippen LogP contribution in [0.2, 0.25) is 0 Å². The first-order valence-corrected chi connectivity index (χ1v) is 7.62. The van der Waals surface area contributed by atoms with Gasteiger partial charge in [0.1, 0.15) is 18.2 Å². The zero-order valence-corrected chi connectivity index (χ0v) is 13.6. The van der Waals surface area contributed by atoms with E-state index in [0.29, 0.717) is 16.7 Å². The molecule has 3 rings (SSSR count). The molecule has 0 saturated heterocycles. The predicted molar refractivity (Wildman–Crippen MR) is 94.2 cm³/mol. The highest BCUT2D eigenvalue weighted by Crippen LogP contribution is 2.12. The average Bonchev–Trinajstić information content (AvgIpc) is 2.65. The molecular weight excluding hydrogens is 320 g/mol. The molecule has 0 amide bonds. The van der Waals surface area contributed by atoms with E-state index in [4.69, 9.17) is 9.47 Å². The van der Waals surface area contributed by atoms with Crippen LogP contribution in [0.15, 0.2) is 59.4 Å². The molecule has 0 radical (unpaired) electrons. The van der Waals surface area contributed by atoms with Crippen LogP contribution in [0, 0.1) is 0 Å². The molecule has 0 saturated carbocycles. The molecule has 3 aromatic rings. The summed E-state index contributed by atoms with van der Waals surface area (Å²) in [5, 5.41) is 0.497. The number of aromatic nitrogens is 2. The lowest BCUT2D eigenvalue weighted by atomic mass is 10.2. The lowest BCUT2D eigenvalue weighted by Crippen LogP contribution is -2.13. The minimum absolute atomic E-state index is 0.105. The topological polar surface area (TPSA) is 81.3 Å². The molecule has 1 N–H and O–H groups in total. The summed E-state index contributed by atoms with van der Waals surface area (Å²) < 4.78 is 10.2. The summed E-state index contributed by atoms with van der Waals surface area (Å²) in [6.07, 6.45) is 2.96. The van der Waals surface area contributed by atoms with Crippen LogP contribution < -0.4 is 10.3 Å². The summed E-state index contributed by atoms with van der Waals surface area (Å²) in [7, 11) is 1.59. The van der Waals surface area contributed by atoms with Gasteiger partial charge in [-0.1, -0.05) is 24.3 Å². The summed E-state index contributed by atoms with van der Waals surface area (Å²) in [6, 6.07) is 14.2. The monoisotopic (exact) mass is 336 g/mol. The van der Waals surface area contributed by atoms with Crippen molar-refractivity contribution in [1.82, 2.24) is 9.97 Å². The van der Waals surface area contributed by atoms with Gasteiger partial charge < -0.3 is 14.5 Å². The van der Waals surface area contributed by atoms with Gasteiger partial charge in [0, 0.05) is 6.08 Å². The van der Waals surface area contributed by atoms with Crippen LogP contribution in [0.5, 0.6) is 5.75 Å². The molecule has 1 heterocycles. The Balaban J connectivity index is 1.63. The highest BCUT2D eigenvalue weighted by Gasteiger charge is 2.05. The van der Waals surface area contributed by atoms with Crippen LogP contribution in [-0.2, 0) is 16.1 Å². The Labute approximate surface area is 143 Å². The molecule has 6 nitrogen and oxygen atoms in total. The third-order valence-corrected chi connectivity index (χ3v) is 3.54. The number of carbonyl (C=O) groups excluding carboxylic acids is 1. The van der Waals surface area contributed by atoms with E-state index in [1.807, 2.05) is 12.1 Å². The Morgan fingerprint density at radius 1 is 1.16 bits per heavy atom. The number of aromatic amines is 1. The minimum atomic E-state index is -0.522. The second kappa shape index (κ2) is 7.44. The van der Waals surface area contributed by atoms with Crippen LogP contribution in [-0.4, -0.2) is 23.0 Å². The van der Waals surface area contributed by atoms with Crippen molar-refractivity contribution >= 4 is 22.9 Å². The van der Waals surface area contributed by atoms with E-state index in [9.17, 15) is 9.59 Å². The molecule has 0 aliphatic heterocycles. The fourth-order valence-corrected chi connectivity index (χ4v) is 2.27. The second-order valence-corrected chi connectivity index (χ2v) is 5.24. The van der Waals surface area contributed by atoms with Crippen LogP contribution in [0.1, 0.15) is 11.4 Å². The standard InChI is InChI=1S/C19H16N2O4/c1-24-14-9-6-13(7-10-14)8-11-18(22)25-12-17-20-16-5-3-2-4-15(16)19(23)21-17/h2-11H,12H2,1H3,(H,20,21,23)/b11-8+. The molecule has 6 heteroatoms. The number of benzene rings is 2. The van der Waals surface area contributed by atoms with E-state index < -0.39 is 5.97 Å². The number of nitrogens with one attached hydrogen (secondary N) is 1. The number of carbonyl (C=O) groups is 1. The van der Waals surface area contributed by atoms with Gasteiger partial charge in [-0.2, -0.15) is 0 Å². The third kappa shape index (κ3) is 4.11. The smallest absolute Gasteiger partial charge is 0.331 e. The van der Waals surface area contributed by atoms with Gasteiger partial charge >= 0.3 is 5.97 Å². The number of esters is 1.